The van der Waals surface area contributed by atoms with E-state index in [1.54, 1.807) is 20.0 Å². The monoisotopic (exact) mass is 183 g/mol. The van der Waals surface area contributed by atoms with Gasteiger partial charge in [-0.25, -0.2) is 4.98 Å². The molecule has 13 heavy (non-hydrogen) atoms. The summed E-state index contributed by atoms with van der Waals surface area (Å²) in [5.41, 5.74) is 5.46. The number of carbonyl (C=O) groups is 1. The highest BCUT2D eigenvalue weighted by Gasteiger charge is 2.26. The van der Waals surface area contributed by atoms with Crippen molar-refractivity contribution in [1.29, 1.82) is 0 Å². The van der Waals surface area contributed by atoms with Crippen molar-refractivity contribution in [1.82, 2.24) is 9.97 Å². The molecule has 5 nitrogen and oxygen atoms in total. The van der Waals surface area contributed by atoms with Gasteiger partial charge in [0.1, 0.15) is 5.82 Å². The maximum atomic E-state index is 10.5. The lowest BCUT2D eigenvalue weighted by molar-refractivity contribution is -0.138. The van der Waals surface area contributed by atoms with Crippen LogP contribution in [0.15, 0.2) is 6.20 Å². The van der Waals surface area contributed by atoms with Gasteiger partial charge < -0.3 is 15.8 Å². The van der Waals surface area contributed by atoms with Crippen LogP contribution in [0.25, 0.3) is 0 Å². The van der Waals surface area contributed by atoms with Crippen LogP contribution in [0.1, 0.15) is 24.9 Å². The molecule has 1 aromatic rings. The first-order chi connectivity index (χ1) is 5.92. The van der Waals surface area contributed by atoms with Crippen LogP contribution in [0, 0.1) is 6.92 Å². The van der Waals surface area contributed by atoms with E-state index in [-0.39, 0.29) is 6.42 Å². The summed E-state index contributed by atoms with van der Waals surface area (Å²) in [7, 11) is 0. The second kappa shape index (κ2) is 3.18. The highest BCUT2D eigenvalue weighted by molar-refractivity contribution is 5.68. The zero-order chi connectivity index (χ0) is 10.1. The van der Waals surface area contributed by atoms with Gasteiger partial charge >= 0.3 is 5.97 Å². The highest BCUT2D eigenvalue weighted by Crippen LogP contribution is 2.19. The fraction of sp³-hybridized carbons (Fsp3) is 0.500. The number of aromatic nitrogens is 2. The second-order valence-corrected chi connectivity index (χ2v) is 3.36. The molecule has 0 aliphatic carbocycles. The van der Waals surface area contributed by atoms with Crippen LogP contribution in [0.3, 0.4) is 0 Å². The van der Waals surface area contributed by atoms with Gasteiger partial charge in [-0.15, -0.1) is 0 Å². The van der Waals surface area contributed by atoms with Gasteiger partial charge in [-0.3, -0.25) is 4.79 Å². The van der Waals surface area contributed by atoms with Gasteiger partial charge in [-0.05, 0) is 13.8 Å². The Balaban J connectivity index is 2.86. The largest absolute Gasteiger partial charge is 0.481 e. The Bertz CT molecular complexity index is 317. The number of nitrogens with zero attached hydrogens (tertiary/aromatic N) is 1. The topological polar surface area (TPSA) is 92.0 Å². The number of nitrogens with two attached hydrogens (primary N) is 1. The fourth-order valence-electron chi connectivity index (χ4n) is 1.12. The Morgan fingerprint density at radius 2 is 2.46 bits per heavy atom. The summed E-state index contributed by atoms with van der Waals surface area (Å²) < 4.78 is 0. The minimum Gasteiger partial charge on any atom is -0.481 e. The molecule has 0 saturated heterocycles. The number of hydrogen-bond donors (Lipinski definition) is 3. The molecule has 1 atom stereocenters. The number of rotatable bonds is 3. The van der Waals surface area contributed by atoms with Crippen molar-refractivity contribution < 1.29 is 9.90 Å². The van der Waals surface area contributed by atoms with Crippen molar-refractivity contribution in [2.45, 2.75) is 25.8 Å². The number of aromatic amines is 1. The standard InChI is InChI=1S/C8H13N3O2/c1-5-10-4-6(11-5)8(2,9)3-7(12)13/h4H,3,9H2,1-2H3,(H,10,11)(H,12,13)/t8-/m0/s1. The number of carboxylic acid groups (broad SMARTS) is 1. The van der Waals surface area contributed by atoms with E-state index in [2.05, 4.69) is 9.97 Å². The van der Waals surface area contributed by atoms with E-state index in [0.717, 1.165) is 5.82 Å². The quantitative estimate of drug-likeness (QED) is 0.631. The van der Waals surface area contributed by atoms with E-state index >= 15 is 0 Å². The molecule has 0 saturated carbocycles. The predicted octanol–water partition coefficient (Wildman–Crippen LogP) is 0.367. The maximum Gasteiger partial charge on any atom is 0.305 e. The lowest BCUT2D eigenvalue weighted by atomic mass is 9.96. The molecule has 4 N–H and O–H groups in total. The molecule has 0 amide bonds. The zero-order valence-electron chi connectivity index (χ0n) is 7.66. The summed E-state index contributed by atoms with van der Waals surface area (Å²) in [5, 5.41) is 8.60. The molecule has 0 fully saturated rings. The van der Waals surface area contributed by atoms with Crippen LogP contribution in [-0.2, 0) is 10.3 Å². The first kappa shape index (κ1) is 9.73. The Labute approximate surface area is 76.0 Å². The third kappa shape index (κ3) is 2.29. The summed E-state index contributed by atoms with van der Waals surface area (Å²) in [6, 6.07) is 0. The van der Waals surface area contributed by atoms with Crippen LogP contribution in [0.4, 0.5) is 0 Å². The van der Waals surface area contributed by atoms with E-state index in [1.165, 1.54) is 0 Å². The molecule has 72 valence electrons. The number of H-pyrrole nitrogens is 1. The Kier molecular flexibility index (Phi) is 2.38. The van der Waals surface area contributed by atoms with Crippen molar-refractivity contribution in [2.75, 3.05) is 0 Å². The van der Waals surface area contributed by atoms with E-state index in [1.807, 2.05) is 0 Å². The van der Waals surface area contributed by atoms with Crippen molar-refractivity contribution in [3.05, 3.63) is 17.7 Å². The summed E-state index contributed by atoms with van der Waals surface area (Å²) in [4.78, 5) is 17.4. The summed E-state index contributed by atoms with van der Waals surface area (Å²) in [5.74, 6) is -0.192. The van der Waals surface area contributed by atoms with Gasteiger partial charge in [-0.2, -0.15) is 0 Å². The molecule has 5 heteroatoms. The van der Waals surface area contributed by atoms with E-state index in [4.69, 9.17) is 10.8 Å². The third-order valence-corrected chi connectivity index (χ3v) is 1.81. The van der Waals surface area contributed by atoms with Crippen LogP contribution < -0.4 is 5.73 Å². The van der Waals surface area contributed by atoms with Gasteiger partial charge in [0.15, 0.2) is 0 Å². The average Bonchev–Trinajstić information content (AvgIpc) is 2.32. The smallest absolute Gasteiger partial charge is 0.305 e. The number of aliphatic carboxylic acids is 1. The number of nitrogens with one attached hydrogen (secondary N) is 1. The molecule has 0 aliphatic rings. The number of aryl methyl sites for hydroxylation is 1. The minimum absolute atomic E-state index is 0.128. The van der Waals surface area contributed by atoms with Crippen LogP contribution in [-0.4, -0.2) is 21.0 Å². The van der Waals surface area contributed by atoms with Gasteiger partial charge in [0, 0.05) is 6.20 Å². The van der Waals surface area contributed by atoms with Crippen molar-refractivity contribution in [3.63, 3.8) is 0 Å². The third-order valence-electron chi connectivity index (χ3n) is 1.81. The molecule has 0 bridgehead atoms. The summed E-state index contributed by atoms with van der Waals surface area (Å²) >= 11 is 0. The van der Waals surface area contributed by atoms with Gasteiger partial charge in [-0.1, -0.05) is 0 Å². The van der Waals surface area contributed by atoms with Gasteiger partial charge in [0.2, 0.25) is 0 Å². The molecular formula is C8H13N3O2. The maximum absolute atomic E-state index is 10.5. The zero-order valence-corrected chi connectivity index (χ0v) is 7.66. The number of hydrogen-bond acceptors (Lipinski definition) is 3. The first-order valence-corrected chi connectivity index (χ1v) is 3.95. The highest BCUT2D eigenvalue weighted by atomic mass is 16.4. The van der Waals surface area contributed by atoms with Crippen LogP contribution in [0.5, 0.6) is 0 Å². The first-order valence-electron chi connectivity index (χ1n) is 3.95. The molecular weight excluding hydrogens is 170 g/mol. The Hall–Kier alpha value is -1.36. The lowest BCUT2D eigenvalue weighted by Gasteiger charge is -2.19. The van der Waals surface area contributed by atoms with E-state index in [0.29, 0.717) is 5.69 Å². The molecule has 0 aliphatic heterocycles. The van der Waals surface area contributed by atoms with Crippen molar-refractivity contribution in [2.24, 2.45) is 5.73 Å². The molecule has 1 heterocycles. The second-order valence-electron chi connectivity index (χ2n) is 3.36. The van der Waals surface area contributed by atoms with E-state index < -0.39 is 11.5 Å². The van der Waals surface area contributed by atoms with Crippen molar-refractivity contribution in [3.8, 4) is 0 Å². The van der Waals surface area contributed by atoms with Crippen LogP contribution >= 0.6 is 0 Å². The SMILES string of the molecule is Cc1nc([C@@](C)(N)CC(=O)O)c[nH]1. The lowest BCUT2D eigenvalue weighted by Crippen LogP contribution is -2.35. The fourth-order valence-corrected chi connectivity index (χ4v) is 1.12. The molecule has 0 radical (unpaired) electrons. The van der Waals surface area contributed by atoms with Crippen LogP contribution in [0.2, 0.25) is 0 Å². The van der Waals surface area contributed by atoms with Crippen molar-refractivity contribution >= 4 is 5.97 Å². The predicted molar refractivity (Wildman–Crippen MR) is 47.1 cm³/mol. The minimum atomic E-state index is -0.925. The average molecular weight is 183 g/mol. The molecule has 0 aromatic carbocycles. The van der Waals surface area contributed by atoms with E-state index in [9.17, 15) is 4.79 Å². The Morgan fingerprint density at radius 3 is 2.85 bits per heavy atom. The normalized spacial score (nSPS) is 15.3. The summed E-state index contributed by atoms with van der Waals surface area (Å²) in [6.07, 6.45) is 1.51. The molecule has 1 rings (SSSR count). The van der Waals surface area contributed by atoms with Gasteiger partial charge in [0.25, 0.3) is 0 Å². The molecule has 1 aromatic heterocycles. The molecule has 0 spiro atoms. The molecule has 0 unspecified atom stereocenters. The van der Waals surface area contributed by atoms with Gasteiger partial charge in [0.05, 0.1) is 17.7 Å². The Morgan fingerprint density at radius 1 is 1.85 bits per heavy atom. The number of carboxylic acids is 1. The summed E-state index contributed by atoms with van der Waals surface area (Å²) in [6.45, 7) is 3.44. The number of imidazole rings is 1.